The molecule has 0 aliphatic carbocycles. The van der Waals surface area contributed by atoms with E-state index in [0.29, 0.717) is 0 Å². The number of rotatable bonds is 3. The van der Waals surface area contributed by atoms with Crippen LogP contribution in [0.25, 0.3) is 0 Å². The fourth-order valence-electron chi connectivity index (χ4n) is 1.12. The summed E-state index contributed by atoms with van der Waals surface area (Å²) in [6, 6.07) is 6.43. The zero-order valence-corrected chi connectivity index (χ0v) is 9.11. The molecule has 1 aromatic rings. The minimum absolute atomic E-state index is 0.964. The Hall–Kier alpha value is -0.500. The molecular formula is C10H14BrN. The summed E-state index contributed by atoms with van der Waals surface area (Å²) in [7, 11) is 0. The Morgan fingerprint density at radius 2 is 2.08 bits per heavy atom. The van der Waals surface area contributed by atoms with Gasteiger partial charge in [-0.3, -0.25) is 0 Å². The zero-order valence-electron chi connectivity index (χ0n) is 7.52. The molecule has 0 aliphatic rings. The van der Waals surface area contributed by atoms with Gasteiger partial charge in [-0.25, -0.2) is 0 Å². The maximum Gasteiger partial charge on any atom is 0.0487 e. The van der Waals surface area contributed by atoms with Crippen LogP contribution in [0.5, 0.6) is 0 Å². The Kier molecular flexibility index (Phi) is 3.60. The number of hydrogen-bond acceptors (Lipinski definition) is 1. The molecule has 1 N–H and O–H groups in total. The van der Waals surface area contributed by atoms with Gasteiger partial charge in [0.2, 0.25) is 0 Å². The molecule has 0 unspecified atom stereocenters. The summed E-state index contributed by atoms with van der Waals surface area (Å²) in [5.74, 6) is 0. The number of hydrogen-bond donors (Lipinski definition) is 1. The third kappa shape index (κ3) is 2.24. The van der Waals surface area contributed by atoms with Crippen molar-refractivity contribution in [3.8, 4) is 0 Å². The fourth-order valence-corrected chi connectivity index (χ4v) is 1.51. The molecule has 0 aliphatic heterocycles. The van der Waals surface area contributed by atoms with E-state index >= 15 is 0 Å². The van der Waals surface area contributed by atoms with E-state index in [0.717, 1.165) is 17.4 Å². The number of nitrogens with one attached hydrogen (secondary N) is 1. The quantitative estimate of drug-likeness (QED) is 0.835. The lowest BCUT2D eigenvalue weighted by molar-refractivity contribution is 1.13. The Morgan fingerprint density at radius 3 is 2.67 bits per heavy atom. The molecule has 0 saturated heterocycles. The molecule has 1 aromatic carbocycles. The van der Waals surface area contributed by atoms with Crippen LogP contribution in [0.4, 0.5) is 5.69 Å². The van der Waals surface area contributed by atoms with E-state index in [2.05, 4.69) is 53.3 Å². The topological polar surface area (TPSA) is 12.0 Å². The first kappa shape index (κ1) is 9.59. The van der Waals surface area contributed by atoms with Gasteiger partial charge >= 0.3 is 0 Å². The molecule has 0 bridgehead atoms. The van der Waals surface area contributed by atoms with Crippen molar-refractivity contribution in [2.45, 2.75) is 20.3 Å². The normalized spacial score (nSPS) is 9.92. The molecule has 0 radical (unpaired) electrons. The summed E-state index contributed by atoms with van der Waals surface area (Å²) in [5.41, 5.74) is 2.56. The third-order valence-corrected chi connectivity index (χ3v) is 2.50. The third-order valence-electron chi connectivity index (χ3n) is 1.81. The van der Waals surface area contributed by atoms with Crippen LogP contribution in [0.3, 0.4) is 0 Å². The fraction of sp³-hybridized carbons (Fsp3) is 0.400. The first-order chi connectivity index (χ1) is 5.77. The van der Waals surface area contributed by atoms with Crippen LogP contribution in [-0.2, 0) is 6.42 Å². The SMILES string of the molecule is CCNc1cc(CC)ccc1Br. The van der Waals surface area contributed by atoms with Gasteiger partial charge in [0, 0.05) is 16.7 Å². The van der Waals surface area contributed by atoms with E-state index in [-0.39, 0.29) is 0 Å². The van der Waals surface area contributed by atoms with E-state index in [4.69, 9.17) is 0 Å². The molecule has 0 spiro atoms. The van der Waals surface area contributed by atoms with Crippen LogP contribution < -0.4 is 5.32 Å². The summed E-state index contributed by atoms with van der Waals surface area (Å²) >= 11 is 3.50. The van der Waals surface area contributed by atoms with Crippen LogP contribution in [0.2, 0.25) is 0 Å². The van der Waals surface area contributed by atoms with E-state index in [9.17, 15) is 0 Å². The van der Waals surface area contributed by atoms with Crippen molar-refractivity contribution >= 4 is 21.6 Å². The zero-order chi connectivity index (χ0) is 8.97. The second-order valence-corrected chi connectivity index (χ2v) is 3.55. The summed E-state index contributed by atoms with van der Waals surface area (Å²) in [4.78, 5) is 0. The van der Waals surface area contributed by atoms with Gasteiger partial charge < -0.3 is 5.32 Å². The van der Waals surface area contributed by atoms with Crippen molar-refractivity contribution in [2.24, 2.45) is 0 Å². The number of aryl methyl sites for hydroxylation is 1. The molecule has 12 heavy (non-hydrogen) atoms. The van der Waals surface area contributed by atoms with Gasteiger partial charge in [0.05, 0.1) is 0 Å². The molecule has 0 heterocycles. The maximum atomic E-state index is 3.50. The predicted molar refractivity (Wildman–Crippen MR) is 57.7 cm³/mol. The van der Waals surface area contributed by atoms with E-state index in [1.165, 1.54) is 11.3 Å². The minimum atomic E-state index is 0.964. The van der Waals surface area contributed by atoms with Crippen molar-refractivity contribution in [3.63, 3.8) is 0 Å². The summed E-state index contributed by atoms with van der Waals surface area (Å²) in [6.45, 7) is 5.23. The van der Waals surface area contributed by atoms with Crippen molar-refractivity contribution in [1.29, 1.82) is 0 Å². The molecule has 1 rings (SSSR count). The molecular weight excluding hydrogens is 214 g/mol. The average molecular weight is 228 g/mol. The van der Waals surface area contributed by atoms with Crippen molar-refractivity contribution in [2.75, 3.05) is 11.9 Å². The van der Waals surface area contributed by atoms with Gasteiger partial charge in [-0.2, -0.15) is 0 Å². The Balaban J connectivity index is 2.91. The molecule has 0 amide bonds. The van der Waals surface area contributed by atoms with Crippen LogP contribution in [0.1, 0.15) is 19.4 Å². The number of anilines is 1. The largest absolute Gasteiger partial charge is 0.384 e. The number of halogens is 1. The van der Waals surface area contributed by atoms with Gasteiger partial charge in [0.1, 0.15) is 0 Å². The average Bonchev–Trinajstić information content (AvgIpc) is 2.09. The molecule has 2 heteroatoms. The second kappa shape index (κ2) is 4.51. The van der Waals surface area contributed by atoms with Crippen LogP contribution in [0.15, 0.2) is 22.7 Å². The first-order valence-corrected chi connectivity index (χ1v) is 5.09. The molecule has 1 nitrogen and oxygen atoms in total. The minimum Gasteiger partial charge on any atom is -0.384 e. The van der Waals surface area contributed by atoms with Gasteiger partial charge in [-0.1, -0.05) is 13.0 Å². The monoisotopic (exact) mass is 227 g/mol. The predicted octanol–water partition coefficient (Wildman–Crippen LogP) is 3.44. The van der Waals surface area contributed by atoms with Gasteiger partial charge in [-0.05, 0) is 47.0 Å². The van der Waals surface area contributed by atoms with E-state index in [1.54, 1.807) is 0 Å². The molecule has 0 fully saturated rings. The summed E-state index contributed by atoms with van der Waals surface area (Å²) < 4.78 is 1.14. The Labute approximate surface area is 82.3 Å². The second-order valence-electron chi connectivity index (χ2n) is 2.70. The molecule has 66 valence electrons. The highest BCUT2D eigenvalue weighted by atomic mass is 79.9. The van der Waals surface area contributed by atoms with Gasteiger partial charge in [0.15, 0.2) is 0 Å². The highest BCUT2D eigenvalue weighted by Crippen LogP contribution is 2.23. The Morgan fingerprint density at radius 1 is 1.33 bits per heavy atom. The molecule has 0 aromatic heterocycles. The number of benzene rings is 1. The maximum absolute atomic E-state index is 3.50. The summed E-state index contributed by atoms with van der Waals surface area (Å²) in [6.07, 6.45) is 1.09. The van der Waals surface area contributed by atoms with Crippen LogP contribution in [-0.4, -0.2) is 6.54 Å². The first-order valence-electron chi connectivity index (χ1n) is 4.30. The lowest BCUT2D eigenvalue weighted by Crippen LogP contribution is -1.97. The van der Waals surface area contributed by atoms with E-state index in [1.807, 2.05) is 0 Å². The smallest absolute Gasteiger partial charge is 0.0487 e. The van der Waals surface area contributed by atoms with Crippen molar-refractivity contribution < 1.29 is 0 Å². The lowest BCUT2D eigenvalue weighted by atomic mass is 10.1. The van der Waals surface area contributed by atoms with Gasteiger partial charge in [0.25, 0.3) is 0 Å². The summed E-state index contributed by atoms with van der Waals surface area (Å²) in [5, 5.41) is 3.30. The van der Waals surface area contributed by atoms with Crippen LogP contribution in [0, 0.1) is 0 Å². The van der Waals surface area contributed by atoms with Crippen LogP contribution >= 0.6 is 15.9 Å². The van der Waals surface area contributed by atoms with Crippen molar-refractivity contribution in [3.05, 3.63) is 28.2 Å². The highest BCUT2D eigenvalue weighted by molar-refractivity contribution is 9.10. The lowest BCUT2D eigenvalue weighted by Gasteiger charge is -2.07. The van der Waals surface area contributed by atoms with E-state index < -0.39 is 0 Å². The standard InChI is InChI=1S/C10H14BrN/c1-3-8-5-6-9(11)10(7-8)12-4-2/h5-7,12H,3-4H2,1-2H3. The van der Waals surface area contributed by atoms with Gasteiger partial charge in [-0.15, -0.1) is 0 Å². The molecule has 0 saturated carbocycles. The molecule has 0 atom stereocenters. The Bertz CT molecular complexity index is 258. The highest BCUT2D eigenvalue weighted by Gasteiger charge is 1.98. The van der Waals surface area contributed by atoms with Crippen molar-refractivity contribution in [1.82, 2.24) is 0 Å².